The fourth-order valence-electron chi connectivity index (χ4n) is 1.98. The third kappa shape index (κ3) is 3.40. The molecule has 0 spiro atoms. The summed E-state index contributed by atoms with van der Waals surface area (Å²) in [6.45, 7) is 7.64. The van der Waals surface area contributed by atoms with Gasteiger partial charge in [0.25, 0.3) is 0 Å². The summed E-state index contributed by atoms with van der Waals surface area (Å²) in [6.07, 6.45) is 3.82. The lowest BCUT2D eigenvalue weighted by Crippen LogP contribution is -2.48. The van der Waals surface area contributed by atoms with Crippen molar-refractivity contribution >= 4 is 5.95 Å². The van der Waals surface area contributed by atoms with Gasteiger partial charge < -0.3 is 15.0 Å². The minimum Gasteiger partial charge on any atom is -0.378 e. The van der Waals surface area contributed by atoms with E-state index in [0.29, 0.717) is 12.0 Å². The zero-order chi connectivity index (χ0) is 13.0. The third-order valence-corrected chi connectivity index (χ3v) is 3.16. The number of anilines is 1. The van der Waals surface area contributed by atoms with Crippen molar-refractivity contribution in [2.45, 2.75) is 25.8 Å². The molecule has 2 heterocycles. The molecular formula is C13H22N4O. The average Bonchev–Trinajstić information content (AvgIpc) is 2.40. The van der Waals surface area contributed by atoms with Gasteiger partial charge in [0.2, 0.25) is 5.95 Å². The van der Waals surface area contributed by atoms with Gasteiger partial charge in [-0.3, -0.25) is 0 Å². The first-order chi connectivity index (χ1) is 8.66. The van der Waals surface area contributed by atoms with Crippen LogP contribution in [-0.2, 0) is 4.74 Å². The van der Waals surface area contributed by atoms with Crippen LogP contribution in [0.3, 0.4) is 0 Å². The number of rotatable bonds is 4. The Labute approximate surface area is 109 Å². The highest BCUT2D eigenvalue weighted by Crippen LogP contribution is 2.13. The molecule has 100 valence electrons. The van der Waals surface area contributed by atoms with Crippen LogP contribution in [0.15, 0.2) is 12.4 Å². The van der Waals surface area contributed by atoms with Gasteiger partial charge in [-0.2, -0.15) is 0 Å². The summed E-state index contributed by atoms with van der Waals surface area (Å²) in [6, 6.07) is 0.358. The van der Waals surface area contributed by atoms with Crippen molar-refractivity contribution in [1.29, 1.82) is 0 Å². The number of ether oxygens (including phenoxy) is 1. The highest BCUT2D eigenvalue weighted by atomic mass is 16.5. The minimum atomic E-state index is 0.358. The summed E-state index contributed by atoms with van der Waals surface area (Å²) in [5.41, 5.74) is 1.17. The van der Waals surface area contributed by atoms with E-state index in [1.807, 2.05) is 19.4 Å². The molecule has 1 aromatic heterocycles. The molecule has 0 bridgehead atoms. The molecule has 0 aliphatic carbocycles. The maximum atomic E-state index is 5.44. The van der Waals surface area contributed by atoms with E-state index in [9.17, 15) is 0 Å². The number of hydrogen-bond acceptors (Lipinski definition) is 5. The molecular weight excluding hydrogens is 228 g/mol. The lowest BCUT2D eigenvalue weighted by atomic mass is 10.1. The SMILES string of the molecule is CC(C)c1cnc(N(C)CC2COCCN2)nc1. The smallest absolute Gasteiger partial charge is 0.225 e. The summed E-state index contributed by atoms with van der Waals surface area (Å²) in [7, 11) is 2.01. The average molecular weight is 250 g/mol. The van der Waals surface area contributed by atoms with E-state index in [1.54, 1.807) is 0 Å². The van der Waals surface area contributed by atoms with E-state index in [0.717, 1.165) is 32.3 Å². The maximum absolute atomic E-state index is 5.44. The zero-order valence-electron chi connectivity index (χ0n) is 11.4. The van der Waals surface area contributed by atoms with E-state index >= 15 is 0 Å². The van der Waals surface area contributed by atoms with Crippen LogP contribution in [0.1, 0.15) is 25.3 Å². The molecule has 5 heteroatoms. The highest BCUT2D eigenvalue weighted by molar-refractivity contribution is 5.29. The van der Waals surface area contributed by atoms with Crippen LogP contribution in [0.25, 0.3) is 0 Å². The van der Waals surface area contributed by atoms with Gasteiger partial charge >= 0.3 is 0 Å². The lowest BCUT2D eigenvalue weighted by Gasteiger charge is -2.28. The fourth-order valence-corrected chi connectivity index (χ4v) is 1.98. The Kier molecular flexibility index (Phi) is 4.49. The molecule has 1 saturated heterocycles. The fraction of sp³-hybridized carbons (Fsp3) is 0.692. The van der Waals surface area contributed by atoms with Gasteiger partial charge in [-0.25, -0.2) is 9.97 Å². The van der Waals surface area contributed by atoms with E-state index in [4.69, 9.17) is 4.74 Å². The number of likely N-dealkylation sites (N-methyl/N-ethyl adjacent to an activating group) is 1. The van der Waals surface area contributed by atoms with Gasteiger partial charge in [0, 0.05) is 38.6 Å². The lowest BCUT2D eigenvalue weighted by molar-refractivity contribution is 0.0790. The van der Waals surface area contributed by atoms with Crippen molar-refractivity contribution < 1.29 is 4.74 Å². The van der Waals surface area contributed by atoms with Crippen molar-refractivity contribution in [2.75, 3.05) is 38.3 Å². The Morgan fingerprint density at radius 2 is 2.17 bits per heavy atom. The van der Waals surface area contributed by atoms with Crippen molar-refractivity contribution in [3.8, 4) is 0 Å². The van der Waals surface area contributed by atoms with Crippen LogP contribution in [0, 0.1) is 0 Å². The molecule has 0 amide bonds. The number of aromatic nitrogens is 2. The molecule has 1 aliphatic rings. The molecule has 1 atom stereocenters. The second-order valence-corrected chi connectivity index (χ2v) is 5.08. The highest BCUT2D eigenvalue weighted by Gasteiger charge is 2.16. The number of morpholine rings is 1. The molecule has 0 aromatic carbocycles. The Bertz CT molecular complexity index is 360. The van der Waals surface area contributed by atoms with E-state index in [1.165, 1.54) is 5.56 Å². The van der Waals surface area contributed by atoms with E-state index in [2.05, 4.69) is 34.0 Å². The van der Waals surface area contributed by atoms with Gasteiger partial charge in [0.05, 0.1) is 13.2 Å². The molecule has 1 N–H and O–H groups in total. The maximum Gasteiger partial charge on any atom is 0.225 e. The monoisotopic (exact) mass is 250 g/mol. The molecule has 0 radical (unpaired) electrons. The van der Waals surface area contributed by atoms with Crippen LogP contribution in [0.2, 0.25) is 0 Å². The predicted molar refractivity (Wildman–Crippen MR) is 72.0 cm³/mol. The topological polar surface area (TPSA) is 50.3 Å². The van der Waals surface area contributed by atoms with Crippen LogP contribution in [0.4, 0.5) is 5.95 Å². The first-order valence-electron chi connectivity index (χ1n) is 6.51. The number of nitrogens with one attached hydrogen (secondary N) is 1. The van der Waals surface area contributed by atoms with Gasteiger partial charge in [-0.15, -0.1) is 0 Å². The normalized spacial score (nSPS) is 20.1. The summed E-state index contributed by atoms with van der Waals surface area (Å²) >= 11 is 0. The first kappa shape index (κ1) is 13.2. The largest absolute Gasteiger partial charge is 0.378 e. The second kappa shape index (κ2) is 6.11. The molecule has 2 rings (SSSR count). The molecule has 1 aliphatic heterocycles. The predicted octanol–water partition coefficient (Wildman–Crippen LogP) is 1.02. The minimum absolute atomic E-state index is 0.358. The van der Waals surface area contributed by atoms with Crippen LogP contribution in [0.5, 0.6) is 0 Å². The van der Waals surface area contributed by atoms with Gasteiger partial charge in [0.15, 0.2) is 0 Å². The van der Waals surface area contributed by atoms with Crippen molar-refractivity contribution in [3.05, 3.63) is 18.0 Å². The summed E-state index contributed by atoms with van der Waals surface area (Å²) < 4.78 is 5.44. The Balaban J connectivity index is 1.93. The van der Waals surface area contributed by atoms with Crippen molar-refractivity contribution in [3.63, 3.8) is 0 Å². The third-order valence-electron chi connectivity index (χ3n) is 3.16. The summed E-state index contributed by atoms with van der Waals surface area (Å²) in [4.78, 5) is 10.9. The quantitative estimate of drug-likeness (QED) is 0.865. The first-order valence-corrected chi connectivity index (χ1v) is 6.51. The van der Waals surface area contributed by atoms with Crippen LogP contribution < -0.4 is 10.2 Å². The Morgan fingerprint density at radius 3 is 2.72 bits per heavy atom. The van der Waals surface area contributed by atoms with Crippen LogP contribution >= 0.6 is 0 Å². The molecule has 1 fully saturated rings. The number of hydrogen-bond donors (Lipinski definition) is 1. The number of nitrogens with zero attached hydrogens (tertiary/aromatic N) is 3. The van der Waals surface area contributed by atoms with Crippen molar-refractivity contribution in [2.24, 2.45) is 0 Å². The zero-order valence-corrected chi connectivity index (χ0v) is 11.4. The van der Waals surface area contributed by atoms with Gasteiger partial charge in [-0.1, -0.05) is 13.8 Å². The van der Waals surface area contributed by atoms with E-state index < -0.39 is 0 Å². The summed E-state index contributed by atoms with van der Waals surface area (Å²) in [5.74, 6) is 1.24. The van der Waals surface area contributed by atoms with Crippen molar-refractivity contribution in [1.82, 2.24) is 15.3 Å². The Morgan fingerprint density at radius 1 is 1.44 bits per heavy atom. The Hall–Kier alpha value is -1.20. The molecule has 0 saturated carbocycles. The molecule has 1 aromatic rings. The van der Waals surface area contributed by atoms with Gasteiger partial charge in [0.1, 0.15) is 0 Å². The standard InChI is InChI=1S/C13H22N4O/c1-10(2)11-6-15-13(16-7-11)17(3)8-12-9-18-5-4-14-12/h6-7,10,12,14H,4-5,8-9H2,1-3H3. The molecule has 1 unspecified atom stereocenters. The molecule has 5 nitrogen and oxygen atoms in total. The van der Waals surface area contributed by atoms with Crippen LogP contribution in [-0.4, -0.2) is 49.4 Å². The van der Waals surface area contributed by atoms with Gasteiger partial charge in [-0.05, 0) is 11.5 Å². The van der Waals surface area contributed by atoms with E-state index in [-0.39, 0.29) is 0 Å². The summed E-state index contributed by atoms with van der Waals surface area (Å²) in [5, 5.41) is 3.43. The molecule has 18 heavy (non-hydrogen) atoms. The second-order valence-electron chi connectivity index (χ2n) is 5.08.